The first-order valence-electron chi connectivity index (χ1n) is 8.70. The van der Waals surface area contributed by atoms with E-state index in [0.717, 1.165) is 24.8 Å². The van der Waals surface area contributed by atoms with Crippen LogP contribution in [0.15, 0.2) is 24.3 Å². The van der Waals surface area contributed by atoms with Crippen molar-refractivity contribution in [3.8, 4) is 0 Å². The Balaban J connectivity index is 1.41. The summed E-state index contributed by atoms with van der Waals surface area (Å²) in [4.78, 5) is 0. The van der Waals surface area contributed by atoms with E-state index >= 15 is 0 Å². The lowest BCUT2D eigenvalue weighted by Gasteiger charge is -2.37. The van der Waals surface area contributed by atoms with Gasteiger partial charge < -0.3 is 9.47 Å². The van der Waals surface area contributed by atoms with Crippen LogP contribution in [0.25, 0.3) is 0 Å². The molecule has 3 aliphatic rings. The van der Waals surface area contributed by atoms with E-state index in [1.165, 1.54) is 5.56 Å². The van der Waals surface area contributed by atoms with Gasteiger partial charge in [-0.2, -0.15) is 17.0 Å². The minimum Gasteiger partial charge on any atom is -0.350 e. The zero-order valence-corrected chi connectivity index (χ0v) is 14.6. The summed E-state index contributed by atoms with van der Waals surface area (Å²) < 4.78 is 40.3. The maximum atomic E-state index is 13.0. The summed E-state index contributed by atoms with van der Waals surface area (Å²) in [5.74, 6) is 0.307. The Morgan fingerprint density at radius 1 is 0.917 bits per heavy atom. The van der Waals surface area contributed by atoms with Crippen molar-refractivity contribution in [1.29, 1.82) is 0 Å². The van der Waals surface area contributed by atoms with Gasteiger partial charge in [0.2, 0.25) is 0 Å². The smallest absolute Gasteiger partial charge is 0.282 e. The minimum atomic E-state index is -3.39. The lowest BCUT2D eigenvalue weighted by Crippen LogP contribution is -2.49. The SMILES string of the molecule is O=S(=O)(N1CCC(C2OCCO2)CC1)N1CCc2ccccc2C1. The molecular formula is C17H24N2O4S. The van der Waals surface area contributed by atoms with Gasteiger partial charge in [0.05, 0.1) is 13.2 Å². The van der Waals surface area contributed by atoms with Gasteiger partial charge in [-0.25, -0.2) is 0 Å². The highest BCUT2D eigenvalue weighted by Crippen LogP contribution is 2.29. The van der Waals surface area contributed by atoms with Gasteiger partial charge in [-0.3, -0.25) is 0 Å². The number of benzene rings is 1. The second kappa shape index (κ2) is 6.72. The molecule has 0 aromatic heterocycles. The molecule has 2 saturated heterocycles. The Kier molecular flexibility index (Phi) is 4.62. The predicted octanol–water partition coefficient (Wildman–Crippen LogP) is 1.37. The number of ether oxygens (including phenoxy) is 2. The van der Waals surface area contributed by atoms with E-state index in [0.29, 0.717) is 45.3 Å². The third kappa shape index (κ3) is 3.11. The Morgan fingerprint density at radius 2 is 1.58 bits per heavy atom. The number of hydrogen-bond donors (Lipinski definition) is 0. The molecule has 0 saturated carbocycles. The Hall–Kier alpha value is -0.990. The van der Waals surface area contributed by atoms with Gasteiger partial charge in [0.25, 0.3) is 10.2 Å². The fourth-order valence-corrected chi connectivity index (χ4v) is 5.48. The van der Waals surface area contributed by atoms with Crippen LogP contribution in [0.1, 0.15) is 24.0 Å². The van der Waals surface area contributed by atoms with E-state index in [1.807, 2.05) is 18.2 Å². The van der Waals surface area contributed by atoms with Crippen LogP contribution in [-0.4, -0.2) is 56.2 Å². The molecule has 24 heavy (non-hydrogen) atoms. The van der Waals surface area contributed by atoms with E-state index in [1.54, 1.807) is 8.61 Å². The number of hydrogen-bond acceptors (Lipinski definition) is 4. The number of piperidine rings is 1. The van der Waals surface area contributed by atoms with E-state index in [9.17, 15) is 8.42 Å². The summed E-state index contributed by atoms with van der Waals surface area (Å²) in [6, 6.07) is 8.10. The second-order valence-corrected chi connectivity index (χ2v) is 8.63. The van der Waals surface area contributed by atoms with Crippen LogP contribution in [0.4, 0.5) is 0 Å². The summed E-state index contributed by atoms with van der Waals surface area (Å²) in [5, 5.41) is 0. The van der Waals surface area contributed by atoms with Gasteiger partial charge in [-0.15, -0.1) is 0 Å². The van der Waals surface area contributed by atoms with Crippen molar-refractivity contribution in [3.63, 3.8) is 0 Å². The van der Waals surface area contributed by atoms with Crippen molar-refractivity contribution >= 4 is 10.2 Å². The predicted molar refractivity (Wildman–Crippen MR) is 89.5 cm³/mol. The largest absolute Gasteiger partial charge is 0.350 e. The van der Waals surface area contributed by atoms with E-state index in [2.05, 4.69) is 6.07 Å². The normalized spacial score (nSPS) is 25.0. The van der Waals surface area contributed by atoms with Crippen molar-refractivity contribution in [3.05, 3.63) is 35.4 Å². The standard InChI is InChI=1S/C17H24N2O4S/c20-24(21,19-10-5-14-3-1-2-4-16(14)13-19)18-8-6-15(7-9-18)17-22-11-12-23-17/h1-4,15,17H,5-13H2. The molecule has 0 spiro atoms. The molecule has 0 radical (unpaired) electrons. The number of fused-ring (bicyclic) bond motifs is 1. The van der Waals surface area contributed by atoms with Crippen molar-refractivity contribution in [2.24, 2.45) is 5.92 Å². The Labute approximate surface area is 143 Å². The molecule has 132 valence electrons. The van der Waals surface area contributed by atoms with Gasteiger partial charge in [0, 0.05) is 32.1 Å². The zero-order valence-electron chi connectivity index (χ0n) is 13.8. The summed E-state index contributed by atoms with van der Waals surface area (Å²) in [6.45, 7) is 3.44. The molecule has 0 atom stereocenters. The van der Waals surface area contributed by atoms with Crippen molar-refractivity contribution in [1.82, 2.24) is 8.61 Å². The van der Waals surface area contributed by atoms with Gasteiger partial charge >= 0.3 is 0 Å². The topological polar surface area (TPSA) is 59.1 Å². The molecule has 7 heteroatoms. The molecule has 4 rings (SSSR count). The average Bonchev–Trinajstić information content (AvgIpc) is 3.16. The summed E-state index contributed by atoms with van der Waals surface area (Å²) in [7, 11) is -3.39. The first-order valence-corrected chi connectivity index (χ1v) is 10.1. The molecule has 0 bridgehead atoms. The molecule has 1 aromatic carbocycles. The third-order valence-electron chi connectivity index (χ3n) is 5.28. The highest BCUT2D eigenvalue weighted by atomic mass is 32.2. The molecule has 2 fully saturated rings. The molecule has 0 unspecified atom stereocenters. The van der Waals surface area contributed by atoms with Crippen molar-refractivity contribution in [2.45, 2.75) is 32.1 Å². The van der Waals surface area contributed by atoms with Crippen LogP contribution in [0, 0.1) is 5.92 Å². The molecule has 0 aliphatic carbocycles. The van der Waals surface area contributed by atoms with E-state index in [-0.39, 0.29) is 6.29 Å². The van der Waals surface area contributed by atoms with E-state index < -0.39 is 10.2 Å². The molecule has 3 aliphatic heterocycles. The maximum Gasteiger partial charge on any atom is 0.282 e. The molecule has 1 aromatic rings. The fraction of sp³-hybridized carbons (Fsp3) is 0.647. The lowest BCUT2D eigenvalue weighted by molar-refractivity contribution is -0.0939. The number of nitrogens with zero attached hydrogens (tertiary/aromatic N) is 2. The quantitative estimate of drug-likeness (QED) is 0.825. The van der Waals surface area contributed by atoms with Gasteiger partial charge in [-0.05, 0) is 30.4 Å². The Bertz CT molecular complexity index is 680. The van der Waals surface area contributed by atoms with Crippen LogP contribution in [0.2, 0.25) is 0 Å². The first kappa shape index (κ1) is 16.5. The maximum absolute atomic E-state index is 13.0. The zero-order chi connectivity index (χ0) is 16.6. The monoisotopic (exact) mass is 352 g/mol. The third-order valence-corrected chi connectivity index (χ3v) is 7.26. The van der Waals surface area contributed by atoms with Gasteiger partial charge in [0.1, 0.15) is 0 Å². The summed E-state index contributed by atoms with van der Waals surface area (Å²) in [5.41, 5.74) is 2.38. The second-order valence-electron chi connectivity index (χ2n) is 6.71. The average molecular weight is 352 g/mol. The lowest BCUT2D eigenvalue weighted by atomic mass is 9.98. The van der Waals surface area contributed by atoms with Crippen LogP contribution in [-0.2, 0) is 32.6 Å². The highest BCUT2D eigenvalue weighted by Gasteiger charge is 2.37. The molecule has 0 amide bonds. The molecule has 3 heterocycles. The fourth-order valence-electron chi connectivity index (χ4n) is 3.86. The van der Waals surface area contributed by atoms with Gasteiger partial charge in [0.15, 0.2) is 6.29 Å². The van der Waals surface area contributed by atoms with Crippen LogP contribution >= 0.6 is 0 Å². The van der Waals surface area contributed by atoms with Gasteiger partial charge in [-0.1, -0.05) is 24.3 Å². The number of rotatable bonds is 3. The molecular weight excluding hydrogens is 328 g/mol. The molecule has 0 N–H and O–H groups in total. The van der Waals surface area contributed by atoms with Crippen LogP contribution in [0.5, 0.6) is 0 Å². The Morgan fingerprint density at radius 3 is 2.29 bits per heavy atom. The highest BCUT2D eigenvalue weighted by molar-refractivity contribution is 7.86. The van der Waals surface area contributed by atoms with Crippen LogP contribution < -0.4 is 0 Å². The van der Waals surface area contributed by atoms with Crippen LogP contribution in [0.3, 0.4) is 0 Å². The first-order chi connectivity index (χ1) is 11.6. The molecule has 6 nitrogen and oxygen atoms in total. The summed E-state index contributed by atoms with van der Waals surface area (Å²) >= 11 is 0. The van der Waals surface area contributed by atoms with Crippen molar-refractivity contribution in [2.75, 3.05) is 32.8 Å². The van der Waals surface area contributed by atoms with E-state index in [4.69, 9.17) is 9.47 Å². The summed E-state index contributed by atoms with van der Waals surface area (Å²) in [6.07, 6.45) is 2.25. The van der Waals surface area contributed by atoms with Crippen molar-refractivity contribution < 1.29 is 17.9 Å². The minimum absolute atomic E-state index is 0.142.